The van der Waals surface area contributed by atoms with Crippen LogP contribution in [0.5, 0.6) is 0 Å². The summed E-state index contributed by atoms with van der Waals surface area (Å²) < 4.78 is 1.16. The van der Waals surface area contributed by atoms with Gasteiger partial charge in [-0.2, -0.15) is 0 Å². The maximum absolute atomic E-state index is 5.79. The molecule has 2 aromatic rings. The predicted octanol–water partition coefficient (Wildman–Crippen LogP) is 3.41. The third kappa shape index (κ3) is 3.47. The van der Waals surface area contributed by atoms with Gasteiger partial charge >= 0.3 is 0 Å². The Morgan fingerprint density at radius 3 is 2.63 bits per heavy atom. The number of nitrogens with zero attached hydrogens (tertiary/aromatic N) is 2. The van der Waals surface area contributed by atoms with Crippen LogP contribution in [0.2, 0.25) is 0 Å². The summed E-state index contributed by atoms with van der Waals surface area (Å²) in [5, 5.41) is 0. The van der Waals surface area contributed by atoms with Gasteiger partial charge in [0.15, 0.2) is 0 Å². The Morgan fingerprint density at radius 2 is 1.95 bits per heavy atom. The smallest absolute Gasteiger partial charge is 0.128 e. The number of nitrogen functional groups attached to an aromatic ring is 1. The summed E-state index contributed by atoms with van der Waals surface area (Å²) in [7, 11) is 2.05. The van der Waals surface area contributed by atoms with Crippen molar-refractivity contribution in [2.45, 2.75) is 13.3 Å². The van der Waals surface area contributed by atoms with Gasteiger partial charge in [0.1, 0.15) is 5.82 Å². The van der Waals surface area contributed by atoms with Gasteiger partial charge in [0, 0.05) is 18.1 Å². The highest BCUT2D eigenvalue weighted by Crippen LogP contribution is 2.18. The number of hydrogen-bond donors (Lipinski definition) is 1. The number of anilines is 2. The van der Waals surface area contributed by atoms with Crippen LogP contribution in [0, 0.1) is 6.92 Å². The van der Waals surface area contributed by atoms with Crippen LogP contribution >= 0.6 is 15.9 Å². The number of aryl methyl sites for hydroxylation is 1. The summed E-state index contributed by atoms with van der Waals surface area (Å²) in [4.78, 5) is 6.64. The van der Waals surface area contributed by atoms with Crippen molar-refractivity contribution in [2.24, 2.45) is 0 Å². The molecular weight excluding hydrogens is 302 g/mol. The summed E-state index contributed by atoms with van der Waals surface area (Å²) in [6, 6.07) is 12.2. The highest BCUT2D eigenvalue weighted by Gasteiger charge is 2.06. The maximum atomic E-state index is 5.79. The molecule has 1 aromatic carbocycles. The lowest BCUT2D eigenvalue weighted by atomic mass is 10.1. The predicted molar refractivity (Wildman–Crippen MR) is 84.5 cm³/mol. The highest BCUT2D eigenvalue weighted by atomic mass is 79.9. The minimum Gasteiger partial charge on any atom is -0.397 e. The van der Waals surface area contributed by atoms with E-state index >= 15 is 0 Å². The van der Waals surface area contributed by atoms with Crippen LogP contribution in [0.3, 0.4) is 0 Å². The van der Waals surface area contributed by atoms with Crippen LogP contribution in [0.1, 0.15) is 11.3 Å². The zero-order valence-electron chi connectivity index (χ0n) is 11.2. The van der Waals surface area contributed by atoms with Gasteiger partial charge in [0.2, 0.25) is 0 Å². The molecule has 0 saturated carbocycles. The summed E-state index contributed by atoms with van der Waals surface area (Å²) in [6.07, 6.45) is 0.975. The lowest BCUT2D eigenvalue weighted by Crippen LogP contribution is -2.21. The van der Waals surface area contributed by atoms with Gasteiger partial charge in [-0.15, -0.1) is 0 Å². The Balaban J connectivity index is 2.03. The van der Waals surface area contributed by atoms with Gasteiger partial charge in [-0.3, -0.25) is 0 Å². The van der Waals surface area contributed by atoms with E-state index < -0.39 is 0 Å². The lowest BCUT2D eigenvalue weighted by molar-refractivity contribution is 0.854. The Hall–Kier alpha value is -1.55. The number of benzene rings is 1. The van der Waals surface area contributed by atoms with Crippen LogP contribution in [-0.4, -0.2) is 18.6 Å². The number of pyridine rings is 1. The summed E-state index contributed by atoms with van der Waals surface area (Å²) in [5.74, 6) is 0.957. The monoisotopic (exact) mass is 319 g/mol. The fraction of sp³-hybridized carbons (Fsp3) is 0.267. The zero-order valence-corrected chi connectivity index (χ0v) is 12.8. The number of likely N-dealkylation sites (N-methyl/N-ethyl adjacent to an activating group) is 1. The zero-order chi connectivity index (χ0) is 13.8. The van der Waals surface area contributed by atoms with Crippen LogP contribution in [0.4, 0.5) is 11.5 Å². The van der Waals surface area contributed by atoms with Gasteiger partial charge in [-0.25, -0.2) is 4.98 Å². The van der Waals surface area contributed by atoms with E-state index in [1.165, 1.54) is 5.56 Å². The summed E-state index contributed by atoms with van der Waals surface area (Å²) in [6.45, 7) is 2.85. The van der Waals surface area contributed by atoms with E-state index in [2.05, 4.69) is 51.1 Å². The van der Waals surface area contributed by atoms with Crippen molar-refractivity contribution in [3.05, 3.63) is 52.1 Å². The summed E-state index contributed by atoms with van der Waals surface area (Å²) in [5.41, 5.74) is 8.71. The first-order valence-electron chi connectivity index (χ1n) is 6.25. The molecule has 0 aliphatic rings. The SMILES string of the molecule is Cc1nc(N(C)CCc2ccccc2Br)ccc1N. The Labute approximate surface area is 122 Å². The minimum absolute atomic E-state index is 0.739. The third-order valence-corrected chi connectivity index (χ3v) is 3.95. The van der Waals surface area contributed by atoms with Gasteiger partial charge in [0.05, 0.1) is 11.4 Å². The Bertz CT molecular complexity index is 569. The van der Waals surface area contributed by atoms with E-state index in [1.54, 1.807) is 0 Å². The van der Waals surface area contributed by atoms with E-state index in [9.17, 15) is 0 Å². The van der Waals surface area contributed by atoms with Crippen molar-refractivity contribution in [1.29, 1.82) is 0 Å². The van der Waals surface area contributed by atoms with Crippen molar-refractivity contribution >= 4 is 27.4 Å². The molecule has 0 bridgehead atoms. The lowest BCUT2D eigenvalue weighted by Gasteiger charge is -2.19. The molecule has 1 aromatic heterocycles. The van der Waals surface area contributed by atoms with E-state index in [0.717, 1.165) is 34.6 Å². The molecule has 0 aliphatic carbocycles. The van der Waals surface area contributed by atoms with E-state index in [1.807, 2.05) is 25.1 Å². The molecule has 2 rings (SSSR count). The first-order valence-corrected chi connectivity index (χ1v) is 7.05. The van der Waals surface area contributed by atoms with Crippen molar-refractivity contribution in [1.82, 2.24) is 4.98 Å². The van der Waals surface area contributed by atoms with Crippen LogP contribution in [0.15, 0.2) is 40.9 Å². The van der Waals surface area contributed by atoms with E-state index in [-0.39, 0.29) is 0 Å². The first kappa shape index (κ1) is 13.9. The van der Waals surface area contributed by atoms with Crippen LogP contribution in [-0.2, 0) is 6.42 Å². The van der Waals surface area contributed by atoms with Gasteiger partial charge < -0.3 is 10.6 Å². The van der Waals surface area contributed by atoms with Crippen LogP contribution < -0.4 is 10.6 Å². The normalized spacial score (nSPS) is 10.5. The largest absolute Gasteiger partial charge is 0.397 e. The second-order valence-electron chi connectivity index (χ2n) is 4.61. The maximum Gasteiger partial charge on any atom is 0.128 e. The fourth-order valence-electron chi connectivity index (χ4n) is 1.88. The molecule has 4 heteroatoms. The summed E-state index contributed by atoms with van der Waals surface area (Å²) >= 11 is 3.57. The number of aromatic nitrogens is 1. The van der Waals surface area contributed by atoms with Gasteiger partial charge in [0.25, 0.3) is 0 Å². The highest BCUT2D eigenvalue weighted by molar-refractivity contribution is 9.10. The molecule has 0 atom stereocenters. The number of rotatable bonds is 4. The molecule has 100 valence electrons. The molecule has 0 saturated heterocycles. The number of halogens is 1. The molecule has 0 unspecified atom stereocenters. The molecule has 2 N–H and O–H groups in total. The van der Waals surface area contributed by atoms with Crippen molar-refractivity contribution < 1.29 is 0 Å². The van der Waals surface area contributed by atoms with Crippen molar-refractivity contribution in [3.63, 3.8) is 0 Å². The topological polar surface area (TPSA) is 42.2 Å². The second kappa shape index (κ2) is 6.06. The second-order valence-corrected chi connectivity index (χ2v) is 5.46. The number of hydrogen-bond acceptors (Lipinski definition) is 3. The quantitative estimate of drug-likeness (QED) is 0.939. The molecular formula is C15H18BrN3. The van der Waals surface area contributed by atoms with Crippen LogP contribution in [0.25, 0.3) is 0 Å². The molecule has 0 spiro atoms. The molecule has 0 radical (unpaired) electrons. The van der Waals surface area contributed by atoms with E-state index in [0.29, 0.717) is 0 Å². The average Bonchev–Trinajstić information content (AvgIpc) is 2.40. The molecule has 3 nitrogen and oxygen atoms in total. The Morgan fingerprint density at radius 1 is 1.21 bits per heavy atom. The van der Waals surface area contributed by atoms with Crippen molar-refractivity contribution in [2.75, 3.05) is 24.2 Å². The molecule has 0 amide bonds. The Kier molecular flexibility index (Phi) is 4.43. The van der Waals surface area contributed by atoms with Crippen molar-refractivity contribution in [3.8, 4) is 0 Å². The third-order valence-electron chi connectivity index (χ3n) is 3.18. The molecule has 0 fully saturated rings. The molecule has 0 aliphatic heterocycles. The van der Waals surface area contributed by atoms with Gasteiger partial charge in [-0.1, -0.05) is 34.1 Å². The average molecular weight is 320 g/mol. The minimum atomic E-state index is 0.739. The standard InChI is InChI=1S/C15H18BrN3/c1-11-14(17)7-8-15(18-11)19(2)10-9-12-5-3-4-6-13(12)16/h3-8H,9-10,17H2,1-2H3. The van der Waals surface area contributed by atoms with Gasteiger partial charge in [-0.05, 0) is 37.1 Å². The molecule has 19 heavy (non-hydrogen) atoms. The van der Waals surface area contributed by atoms with E-state index in [4.69, 9.17) is 5.73 Å². The molecule has 1 heterocycles. The first-order chi connectivity index (χ1) is 9.08. The fourth-order valence-corrected chi connectivity index (χ4v) is 2.36. The number of nitrogens with two attached hydrogens (primary N) is 1.